The predicted molar refractivity (Wildman–Crippen MR) is 80.3 cm³/mol. The standard InChI is InChI=1S/C15H30N2O2/c1-5-17(6-2)13-9-10-14(4)16-12-8-11-15(18)19-7-3/h8,11,14,16H,5-7,9-10,12-13H2,1-4H3/b11-8+. The number of nitrogens with one attached hydrogen (secondary N) is 1. The Morgan fingerprint density at radius 2 is 2.00 bits per heavy atom. The van der Waals surface area contributed by atoms with Crippen molar-refractivity contribution < 1.29 is 9.53 Å². The number of carbonyl (C=O) groups is 1. The summed E-state index contributed by atoms with van der Waals surface area (Å²) in [6, 6.07) is 0.474. The molecule has 0 radical (unpaired) electrons. The fraction of sp³-hybridized carbons (Fsp3) is 0.800. The Labute approximate surface area is 118 Å². The average Bonchev–Trinajstić information content (AvgIpc) is 2.40. The van der Waals surface area contributed by atoms with Crippen molar-refractivity contribution in [1.82, 2.24) is 10.2 Å². The monoisotopic (exact) mass is 270 g/mol. The maximum absolute atomic E-state index is 11.1. The minimum atomic E-state index is -0.265. The Kier molecular flexibility index (Phi) is 11.6. The van der Waals surface area contributed by atoms with Crippen LogP contribution >= 0.6 is 0 Å². The molecule has 0 rings (SSSR count). The zero-order valence-electron chi connectivity index (χ0n) is 12.9. The van der Waals surface area contributed by atoms with Gasteiger partial charge >= 0.3 is 5.97 Å². The number of rotatable bonds is 11. The molecule has 1 N–H and O–H groups in total. The van der Waals surface area contributed by atoms with Gasteiger partial charge in [0.1, 0.15) is 0 Å². The average molecular weight is 270 g/mol. The second-order valence-electron chi connectivity index (χ2n) is 4.63. The summed E-state index contributed by atoms with van der Waals surface area (Å²) in [5, 5.41) is 3.38. The first-order valence-corrected chi connectivity index (χ1v) is 7.43. The van der Waals surface area contributed by atoms with Gasteiger partial charge in [0.25, 0.3) is 0 Å². The highest BCUT2D eigenvalue weighted by molar-refractivity contribution is 5.81. The van der Waals surface area contributed by atoms with Crippen LogP contribution in [0.3, 0.4) is 0 Å². The van der Waals surface area contributed by atoms with E-state index in [-0.39, 0.29) is 5.97 Å². The van der Waals surface area contributed by atoms with Gasteiger partial charge in [-0.15, -0.1) is 0 Å². The summed E-state index contributed by atoms with van der Waals surface area (Å²) >= 11 is 0. The third-order valence-corrected chi connectivity index (χ3v) is 3.13. The molecule has 0 fully saturated rings. The van der Waals surface area contributed by atoms with E-state index in [0.717, 1.165) is 26.1 Å². The molecule has 19 heavy (non-hydrogen) atoms. The van der Waals surface area contributed by atoms with Gasteiger partial charge in [-0.2, -0.15) is 0 Å². The van der Waals surface area contributed by atoms with Gasteiger partial charge in [0, 0.05) is 18.7 Å². The van der Waals surface area contributed by atoms with Gasteiger partial charge < -0.3 is 15.0 Å². The molecular formula is C15H30N2O2. The van der Waals surface area contributed by atoms with E-state index in [4.69, 9.17) is 4.74 Å². The molecule has 4 nitrogen and oxygen atoms in total. The van der Waals surface area contributed by atoms with Crippen LogP contribution in [0.15, 0.2) is 12.2 Å². The number of carbonyl (C=O) groups excluding carboxylic acids is 1. The summed E-state index contributed by atoms with van der Waals surface area (Å²) < 4.78 is 4.81. The molecule has 1 atom stereocenters. The molecule has 1 unspecified atom stereocenters. The molecule has 0 aromatic carbocycles. The highest BCUT2D eigenvalue weighted by Gasteiger charge is 2.02. The molecule has 112 valence electrons. The van der Waals surface area contributed by atoms with E-state index in [1.807, 2.05) is 13.0 Å². The van der Waals surface area contributed by atoms with Crippen LogP contribution in [0.2, 0.25) is 0 Å². The molecule has 0 spiro atoms. The highest BCUT2D eigenvalue weighted by Crippen LogP contribution is 1.99. The smallest absolute Gasteiger partial charge is 0.330 e. The van der Waals surface area contributed by atoms with Crippen LogP contribution < -0.4 is 5.32 Å². The molecule has 0 aliphatic heterocycles. The highest BCUT2D eigenvalue weighted by atomic mass is 16.5. The summed E-state index contributed by atoms with van der Waals surface area (Å²) in [5.74, 6) is -0.265. The largest absolute Gasteiger partial charge is 0.463 e. The van der Waals surface area contributed by atoms with Crippen molar-refractivity contribution in [2.75, 3.05) is 32.8 Å². The second kappa shape index (κ2) is 12.2. The first-order valence-electron chi connectivity index (χ1n) is 7.43. The second-order valence-corrected chi connectivity index (χ2v) is 4.63. The van der Waals surface area contributed by atoms with Crippen LogP contribution in [0.4, 0.5) is 0 Å². The third-order valence-electron chi connectivity index (χ3n) is 3.13. The zero-order chi connectivity index (χ0) is 14.5. The van der Waals surface area contributed by atoms with Crippen LogP contribution in [-0.2, 0) is 9.53 Å². The fourth-order valence-corrected chi connectivity index (χ4v) is 1.88. The van der Waals surface area contributed by atoms with Gasteiger partial charge in [-0.25, -0.2) is 4.79 Å². The molecule has 0 saturated carbocycles. The Hall–Kier alpha value is -0.870. The Morgan fingerprint density at radius 1 is 1.32 bits per heavy atom. The minimum absolute atomic E-state index is 0.265. The zero-order valence-corrected chi connectivity index (χ0v) is 12.9. The van der Waals surface area contributed by atoms with E-state index in [9.17, 15) is 4.79 Å². The van der Waals surface area contributed by atoms with Crippen molar-refractivity contribution in [3.05, 3.63) is 12.2 Å². The Morgan fingerprint density at radius 3 is 2.58 bits per heavy atom. The van der Waals surface area contributed by atoms with Crippen molar-refractivity contribution in [3.8, 4) is 0 Å². The molecule has 0 bridgehead atoms. The first-order chi connectivity index (χ1) is 9.13. The lowest BCUT2D eigenvalue weighted by Crippen LogP contribution is -2.29. The number of hydrogen-bond acceptors (Lipinski definition) is 4. The van der Waals surface area contributed by atoms with E-state index in [0.29, 0.717) is 19.2 Å². The molecule has 0 saturated heterocycles. The van der Waals surface area contributed by atoms with Gasteiger partial charge in [-0.3, -0.25) is 0 Å². The lowest BCUT2D eigenvalue weighted by atomic mass is 10.1. The van der Waals surface area contributed by atoms with Crippen molar-refractivity contribution in [2.45, 2.75) is 46.6 Å². The number of hydrogen-bond donors (Lipinski definition) is 1. The SMILES string of the molecule is CCOC(=O)/C=C/CNC(C)CCCN(CC)CC. The van der Waals surface area contributed by atoms with Crippen molar-refractivity contribution in [3.63, 3.8) is 0 Å². The van der Waals surface area contributed by atoms with Crippen LogP contribution in [0.5, 0.6) is 0 Å². The van der Waals surface area contributed by atoms with Crippen LogP contribution in [0.25, 0.3) is 0 Å². The topological polar surface area (TPSA) is 41.6 Å². The molecular weight excluding hydrogens is 240 g/mol. The van der Waals surface area contributed by atoms with E-state index < -0.39 is 0 Å². The van der Waals surface area contributed by atoms with Gasteiger partial charge in [0.15, 0.2) is 0 Å². The van der Waals surface area contributed by atoms with Gasteiger partial charge in [-0.05, 0) is 46.3 Å². The number of nitrogens with zero attached hydrogens (tertiary/aromatic N) is 1. The normalized spacial score (nSPS) is 13.1. The first kappa shape index (κ1) is 18.1. The molecule has 4 heteroatoms. The van der Waals surface area contributed by atoms with E-state index in [1.54, 1.807) is 0 Å². The maximum Gasteiger partial charge on any atom is 0.330 e. The Bertz CT molecular complexity index is 251. The summed E-state index contributed by atoms with van der Waals surface area (Å²) in [6.07, 6.45) is 5.67. The lowest BCUT2D eigenvalue weighted by molar-refractivity contribution is -0.137. The van der Waals surface area contributed by atoms with E-state index in [2.05, 4.69) is 31.0 Å². The van der Waals surface area contributed by atoms with Crippen LogP contribution in [0, 0.1) is 0 Å². The maximum atomic E-state index is 11.1. The van der Waals surface area contributed by atoms with Crippen molar-refractivity contribution >= 4 is 5.97 Å². The van der Waals surface area contributed by atoms with E-state index in [1.165, 1.54) is 12.5 Å². The van der Waals surface area contributed by atoms with Gasteiger partial charge in [0.05, 0.1) is 6.61 Å². The number of esters is 1. The molecule has 0 aliphatic carbocycles. The van der Waals surface area contributed by atoms with E-state index >= 15 is 0 Å². The van der Waals surface area contributed by atoms with Crippen molar-refractivity contribution in [2.24, 2.45) is 0 Å². The molecule has 0 amide bonds. The fourth-order valence-electron chi connectivity index (χ4n) is 1.88. The Balaban J connectivity index is 3.59. The lowest BCUT2D eigenvalue weighted by Gasteiger charge is -2.19. The number of ether oxygens (including phenoxy) is 1. The molecule has 0 aromatic rings. The minimum Gasteiger partial charge on any atom is -0.463 e. The predicted octanol–water partition coefficient (Wildman–Crippen LogP) is 2.21. The molecule has 0 aromatic heterocycles. The van der Waals surface area contributed by atoms with Crippen LogP contribution in [-0.4, -0.2) is 49.7 Å². The van der Waals surface area contributed by atoms with Gasteiger partial charge in [0.2, 0.25) is 0 Å². The summed E-state index contributed by atoms with van der Waals surface area (Å²) in [5.41, 5.74) is 0. The molecule has 0 aliphatic rings. The summed E-state index contributed by atoms with van der Waals surface area (Å²) in [6.45, 7) is 12.9. The summed E-state index contributed by atoms with van der Waals surface area (Å²) in [7, 11) is 0. The molecule has 0 heterocycles. The van der Waals surface area contributed by atoms with Gasteiger partial charge in [-0.1, -0.05) is 19.9 Å². The summed E-state index contributed by atoms with van der Waals surface area (Å²) in [4.78, 5) is 13.5. The quantitative estimate of drug-likeness (QED) is 0.462. The third kappa shape index (κ3) is 10.7. The van der Waals surface area contributed by atoms with Crippen LogP contribution in [0.1, 0.15) is 40.5 Å². The van der Waals surface area contributed by atoms with Crippen molar-refractivity contribution in [1.29, 1.82) is 0 Å².